The molecule has 0 spiro atoms. The van der Waals surface area contributed by atoms with Crippen molar-refractivity contribution < 1.29 is 0 Å². The zero-order chi connectivity index (χ0) is 9.68. The number of nitrogens with one attached hydrogen (secondary N) is 1. The first-order valence-corrected chi connectivity index (χ1v) is 4.69. The van der Waals surface area contributed by atoms with Crippen LogP contribution in [0.4, 0.5) is 11.5 Å². The monoisotopic (exact) mass is 179 g/mol. The van der Waals surface area contributed by atoms with Crippen LogP contribution in [0.15, 0.2) is 18.3 Å². The van der Waals surface area contributed by atoms with Crippen LogP contribution >= 0.6 is 0 Å². The van der Waals surface area contributed by atoms with Crippen LogP contribution in [0.2, 0.25) is 0 Å². The molecule has 0 unspecified atom stereocenters. The summed E-state index contributed by atoms with van der Waals surface area (Å²) in [5.74, 6) is 0.945. The van der Waals surface area contributed by atoms with Crippen molar-refractivity contribution in [2.45, 2.75) is 13.8 Å². The minimum Gasteiger partial charge on any atom is -0.375 e. The molecule has 0 saturated carbocycles. The summed E-state index contributed by atoms with van der Waals surface area (Å²) in [6.45, 7) is 6.12. The van der Waals surface area contributed by atoms with E-state index in [9.17, 15) is 0 Å². The van der Waals surface area contributed by atoms with Gasteiger partial charge in [-0.25, -0.2) is 4.98 Å². The van der Waals surface area contributed by atoms with Crippen LogP contribution in [-0.2, 0) is 0 Å². The summed E-state index contributed by atoms with van der Waals surface area (Å²) in [7, 11) is 2.07. The van der Waals surface area contributed by atoms with Gasteiger partial charge < -0.3 is 10.2 Å². The van der Waals surface area contributed by atoms with Gasteiger partial charge in [0, 0.05) is 38.1 Å². The molecule has 0 aliphatic rings. The van der Waals surface area contributed by atoms with Gasteiger partial charge in [-0.15, -0.1) is 0 Å². The Bertz CT molecular complexity index is 260. The number of hydrogen-bond donors (Lipinski definition) is 1. The molecule has 0 aromatic carbocycles. The van der Waals surface area contributed by atoms with Crippen molar-refractivity contribution in [3.05, 3.63) is 18.3 Å². The molecule has 0 radical (unpaired) electrons. The SMILES string of the molecule is CCNc1cc(N(C)CC)ccn1. The normalized spacial score (nSPS) is 9.77. The van der Waals surface area contributed by atoms with Gasteiger partial charge in [-0.05, 0) is 19.9 Å². The fourth-order valence-corrected chi connectivity index (χ4v) is 1.12. The second-order valence-electron chi connectivity index (χ2n) is 2.94. The van der Waals surface area contributed by atoms with Crippen molar-refractivity contribution in [1.82, 2.24) is 4.98 Å². The molecule has 13 heavy (non-hydrogen) atoms. The zero-order valence-electron chi connectivity index (χ0n) is 8.54. The topological polar surface area (TPSA) is 28.2 Å². The summed E-state index contributed by atoms with van der Waals surface area (Å²) in [6.07, 6.45) is 1.83. The number of nitrogens with zero attached hydrogens (tertiary/aromatic N) is 2. The minimum atomic E-state index is 0.909. The highest BCUT2D eigenvalue weighted by atomic mass is 15.1. The molecular formula is C10H17N3. The highest BCUT2D eigenvalue weighted by Gasteiger charge is 1.98. The molecule has 0 fully saturated rings. The molecule has 3 heteroatoms. The third-order valence-electron chi connectivity index (χ3n) is 2.02. The van der Waals surface area contributed by atoms with Crippen LogP contribution in [0, 0.1) is 0 Å². The highest BCUT2D eigenvalue weighted by molar-refractivity contribution is 5.53. The number of pyridine rings is 1. The van der Waals surface area contributed by atoms with Crippen molar-refractivity contribution in [3.8, 4) is 0 Å². The largest absolute Gasteiger partial charge is 0.375 e. The van der Waals surface area contributed by atoms with E-state index < -0.39 is 0 Å². The third-order valence-corrected chi connectivity index (χ3v) is 2.02. The van der Waals surface area contributed by atoms with Gasteiger partial charge in [-0.2, -0.15) is 0 Å². The van der Waals surface area contributed by atoms with E-state index in [1.807, 2.05) is 12.3 Å². The van der Waals surface area contributed by atoms with E-state index in [0.29, 0.717) is 0 Å². The first-order valence-electron chi connectivity index (χ1n) is 4.69. The Kier molecular flexibility index (Phi) is 3.55. The van der Waals surface area contributed by atoms with E-state index in [-0.39, 0.29) is 0 Å². The third kappa shape index (κ3) is 2.61. The smallest absolute Gasteiger partial charge is 0.127 e. The lowest BCUT2D eigenvalue weighted by Gasteiger charge is -2.17. The van der Waals surface area contributed by atoms with Gasteiger partial charge in [-0.3, -0.25) is 0 Å². The molecule has 0 aliphatic carbocycles. The molecule has 0 aliphatic heterocycles. The van der Waals surface area contributed by atoms with E-state index in [4.69, 9.17) is 0 Å². The molecule has 0 atom stereocenters. The van der Waals surface area contributed by atoms with Crippen LogP contribution in [0.1, 0.15) is 13.8 Å². The average molecular weight is 179 g/mol. The van der Waals surface area contributed by atoms with E-state index in [2.05, 4.69) is 42.2 Å². The number of aromatic nitrogens is 1. The van der Waals surface area contributed by atoms with Gasteiger partial charge in [-0.1, -0.05) is 0 Å². The molecule has 1 aromatic rings. The second-order valence-corrected chi connectivity index (χ2v) is 2.94. The lowest BCUT2D eigenvalue weighted by atomic mass is 10.3. The maximum atomic E-state index is 4.21. The van der Waals surface area contributed by atoms with E-state index in [0.717, 1.165) is 18.9 Å². The highest BCUT2D eigenvalue weighted by Crippen LogP contribution is 2.14. The molecular weight excluding hydrogens is 162 g/mol. The van der Waals surface area contributed by atoms with Crippen molar-refractivity contribution in [1.29, 1.82) is 0 Å². The second kappa shape index (κ2) is 4.70. The average Bonchev–Trinajstić information content (AvgIpc) is 2.18. The van der Waals surface area contributed by atoms with E-state index in [1.165, 1.54) is 5.69 Å². The van der Waals surface area contributed by atoms with Gasteiger partial charge >= 0.3 is 0 Å². The van der Waals surface area contributed by atoms with Crippen molar-refractivity contribution >= 4 is 11.5 Å². The lowest BCUT2D eigenvalue weighted by molar-refractivity contribution is 0.964. The van der Waals surface area contributed by atoms with Gasteiger partial charge in [0.1, 0.15) is 5.82 Å². The first-order chi connectivity index (χ1) is 6.27. The molecule has 1 aromatic heterocycles. The molecule has 0 bridgehead atoms. The van der Waals surface area contributed by atoms with Crippen molar-refractivity contribution in [3.63, 3.8) is 0 Å². The molecule has 72 valence electrons. The Balaban J connectivity index is 2.78. The fourth-order valence-electron chi connectivity index (χ4n) is 1.12. The lowest BCUT2D eigenvalue weighted by Crippen LogP contribution is -2.16. The Morgan fingerprint density at radius 2 is 2.23 bits per heavy atom. The van der Waals surface area contributed by atoms with Crippen molar-refractivity contribution in [2.24, 2.45) is 0 Å². The van der Waals surface area contributed by atoms with Crippen LogP contribution in [0.5, 0.6) is 0 Å². The maximum absolute atomic E-state index is 4.21. The minimum absolute atomic E-state index is 0.909. The number of rotatable bonds is 4. The summed E-state index contributed by atoms with van der Waals surface area (Å²) < 4.78 is 0. The Labute approximate surface area is 79.8 Å². The van der Waals surface area contributed by atoms with Crippen LogP contribution in [0.3, 0.4) is 0 Å². The van der Waals surface area contributed by atoms with Crippen LogP contribution < -0.4 is 10.2 Å². The van der Waals surface area contributed by atoms with E-state index >= 15 is 0 Å². The fraction of sp³-hybridized carbons (Fsp3) is 0.500. The molecule has 0 saturated heterocycles. The van der Waals surface area contributed by atoms with Gasteiger partial charge in [0.05, 0.1) is 0 Å². The van der Waals surface area contributed by atoms with Gasteiger partial charge in [0.25, 0.3) is 0 Å². The number of hydrogen-bond acceptors (Lipinski definition) is 3. The molecule has 3 nitrogen and oxygen atoms in total. The summed E-state index contributed by atoms with van der Waals surface area (Å²) in [5, 5.41) is 3.19. The molecule has 0 amide bonds. The Hall–Kier alpha value is -1.25. The number of anilines is 2. The summed E-state index contributed by atoms with van der Waals surface area (Å²) >= 11 is 0. The standard InChI is InChI=1S/C10H17N3/c1-4-11-10-8-9(6-7-12-10)13(3)5-2/h6-8H,4-5H2,1-3H3,(H,11,12). The predicted molar refractivity (Wildman–Crippen MR) is 57.3 cm³/mol. The van der Waals surface area contributed by atoms with Crippen LogP contribution in [-0.4, -0.2) is 25.1 Å². The Morgan fingerprint density at radius 1 is 1.46 bits per heavy atom. The van der Waals surface area contributed by atoms with Crippen LogP contribution in [0.25, 0.3) is 0 Å². The summed E-state index contributed by atoms with van der Waals surface area (Å²) in [6, 6.07) is 4.08. The molecule has 1 N–H and O–H groups in total. The summed E-state index contributed by atoms with van der Waals surface area (Å²) in [5.41, 5.74) is 1.20. The van der Waals surface area contributed by atoms with E-state index in [1.54, 1.807) is 0 Å². The first kappa shape index (κ1) is 9.84. The van der Waals surface area contributed by atoms with Gasteiger partial charge in [0.2, 0.25) is 0 Å². The Morgan fingerprint density at radius 3 is 2.85 bits per heavy atom. The predicted octanol–water partition coefficient (Wildman–Crippen LogP) is 1.97. The zero-order valence-corrected chi connectivity index (χ0v) is 8.54. The van der Waals surface area contributed by atoms with Gasteiger partial charge in [0.15, 0.2) is 0 Å². The summed E-state index contributed by atoms with van der Waals surface area (Å²) in [4.78, 5) is 6.39. The molecule has 1 heterocycles. The quantitative estimate of drug-likeness (QED) is 0.766. The molecule has 1 rings (SSSR count). The maximum Gasteiger partial charge on any atom is 0.127 e. The van der Waals surface area contributed by atoms with Crippen molar-refractivity contribution in [2.75, 3.05) is 30.4 Å².